The average Bonchev–Trinajstić information content (AvgIpc) is 3.38. The Kier molecular flexibility index (Phi) is 9.43. The Labute approximate surface area is 248 Å². The molecule has 4 heterocycles. The number of ether oxygens (including phenoxy) is 4. The van der Waals surface area contributed by atoms with Crippen molar-refractivity contribution in [3.63, 3.8) is 0 Å². The maximum atomic E-state index is 12.9. The summed E-state index contributed by atoms with van der Waals surface area (Å²) in [5, 5.41) is 1.08. The highest BCUT2D eigenvalue weighted by atomic mass is 127. The number of fused-ring (bicyclic) bond motifs is 1. The topological polar surface area (TPSA) is 106 Å². The first-order chi connectivity index (χ1) is 19.0. The van der Waals surface area contributed by atoms with E-state index in [9.17, 15) is 4.79 Å². The van der Waals surface area contributed by atoms with Crippen molar-refractivity contribution < 1.29 is 23.7 Å². The van der Waals surface area contributed by atoms with Gasteiger partial charge in [-0.15, -0.1) is 0 Å². The summed E-state index contributed by atoms with van der Waals surface area (Å²) in [7, 11) is 0. The number of carbonyl (C=O) groups is 1. The van der Waals surface area contributed by atoms with Crippen molar-refractivity contribution in [2.45, 2.75) is 44.8 Å². The van der Waals surface area contributed by atoms with Gasteiger partial charge in [0.1, 0.15) is 23.3 Å². The Bertz CT molecular complexity index is 1430. The molecule has 0 unspecified atom stereocenters. The molecule has 3 aromatic heterocycles. The first-order valence-corrected chi connectivity index (χ1v) is 14.8. The summed E-state index contributed by atoms with van der Waals surface area (Å²) in [5.41, 5.74) is 1.65. The number of aromatic nitrogens is 4. The van der Waals surface area contributed by atoms with Gasteiger partial charge in [-0.2, -0.15) is 4.37 Å². The van der Waals surface area contributed by atoms with Crippen LogP contribution in [0, 0.1) is 3.57 Å². The molecule has 0 bridgehead atoms. The van der Waals surface area contributed by atoms with Gasteiger partial charge in [0.25, 0.3) is 0 Å². The highest BCUT2D eigenvalue weighted by Gasteiger charge is 2.27. The lowest BCUT2D eigenvalue weighted by molar-refractivity contribution is -0.151. The fourth-order valence-electron chi connectivity index (χ4n) is 4.26. The molecule has 204 valence electrons. The largest absolute Gasteiger partial charge is 0.489 e. The molecule has 12 heteroatoms. The zero-order valence-electron chi connectivity index (χ0n) is 21.1. The van der Waals surface area contributed by atoms with E-state index in [1.54, 1.807) is 25.5 Å². The third kappa shape index (κ3) is 6.76. The van der Waals surface area contributed by atoms with Crippen molar-refractivity contribution in [2.75, 3.05) is 19.8 Å². The van der Waals surface area contributed by atoms with Gasteiger partial charge >= 0.3 is 5.97 Å². The van der Waals surface area contributed by atoms with Crippen LogP contribution in [0.2, 0.25) is 5.15 Å². The summed E-state index contributed by atoms with van der Waals surface area (Å²) in [4.78, 5) is 26.2. The smallest absolute Gasteiger partial charge is 0.347 e. The molecule has 4 aromatic rings. The zero-order chi connectivity index (χ0) is 27.2. The van der Waals surface area contributed by atoms with Crippen molar-refractivity contribution >= 4 is 61.8 Å². The van der Waals surface area contributed by atoms with Crippen molar-refractivity contribution in [3.05, 3.63) is 68.5 Å². The van der Waals surface area contributed by atoms with Gasteiger partial charge in [0.2, 0.25) is 12.0 Å². The van der Waals surface area contributed by atoms with Crippen LogP contribution in [0.4, 0.5) is 0 Å². The van der Waals surface area contributed by atoms with Gasteiger partial charge in [0, 0.05) is 49.7 Å². The van der Waals surface area contributed by atoms with Gasteiger partial charge in [0.15, 0.2) is 0 Å². The number of benzene rings is 1. The Morgan fingerprint density at radius 3 is 2.72 bits per heavy atom. The Balaban J connectivity index is 1.31. The van der Waals surface area contributed by atoms with Crippen molar-refractivity contribution in [1.82, 2.24) is 19.3 Å². The average molecular weight is 681 g/mol. The minimum Gasteiger partial charge on any atom is -0.489 e. The molecule has 1 aromatic carbocycles. The summed E-state index contributed by atoms with van der Waals surface area (Å²) < 4.78 is 29.0. The number of halogens is 2. The molecule has 1 aliphatic heterocycles. The molecule has 1 atom stereocenters. The Morgan fingerprint density at radius 2 is 1.95 bits per heavy atom. The van der Waals surface area contributed by atoms with Crippen LogP contribution in [0.15, 0.2) is 42.9 Å². The van der Waals surface area contributed by atoms with Crippen LogP contribution in [-0.2, 0) is 27.3 Å². The van der Waals surface area contributed by atoms with E-state index in [1.807, 2.05) is 24.3 Å². The molecule has 0 saturated carbocycles. The van der Waals surface area contributed by atoms with E-state index in [0.29, 0.717) is 26.3 Å². The molecule has 0 aliphatic carbocycles. The number of pyridine rings is 1. The van der Waals surface area contributed by atoms with Gasteiger partial charge in [-0.25, -0.2) is 19.7 Å². The lowest BCUT2D eigenvalue weighted by Gasteiger charge is -2.20. The summed E-state index contributed by atoms with van der Waals surface area (Å²) in [5.74, 6) is 1.65. The highest BCUT2D eigenvalue weighted by molar-refractivity contribution is 14.1. The molecule has 0 spiro atoms. The van der Waals surface area contributed by atoms with Crippen LogP contribution in [0.25, 0.3) is 10.1 Å². The summed E-state index contributed by atoms with van der Waals surface area (Å²) >= 11 is 9.57. The second-order valence-corrected chi connectivity index (χ2v) is 11.1. The van der Waals surface area contributed by atoms with E-state index >= 15 is 0 Å². The van der Waals surface area contributed by atoms with Crippen LogP contribution < -0.4 is 9.47 Å². The SMILES string of the molecule is CCOC(=O)[C@@H](Cc1ccccc1OCc1cnc(C2CCOCC2)nc1)Oc1nsc2cnc(Cl)c(I)c12. The number of para-hydroxylation sites is 1. The van der Waals surface area contributed by atoms with Crippen molar-refractivity contribution in [2.24, 2.45) is 0 Å². The van der Waals surface area contributed by atoms with E-state index in [4.69, 9.17) is 30.5 Å². The third-order valence-electron chi connectivity index (χ3n) is 6.27. The van der Waals surface area contributed by atoms with Crippen LogP contribution in [0.3, 0.4) is 0 Å². The van der Waals surface area contributed by atoms with Gasteiger partial charge in [-0.1, -0.05) is 29.8 Å². The van der Waals surface area contributed by atoms with Crippen LogP contribution in [0.5, 0.6) is 11.6 Å². The predicted molar refractivity (Wildman–Crippen MR) is 155 cm³/mol. The normalized spacial score (nSPS) is 14.7. The first-order valence-electron chi connectivity index (χ1n) is 12.6. The van der Waals surface area contributed by atoms with E-state index < -0.39 is 12.1 Å². The predicted octanol–water partition coefficient (Wildman–Crippen LogP) is 5.77. The monoisotopic (exact) mass is 680 g/mol. The molecule has 0 N–H and O–H groups in total. The fourth-order valence-corrected chi connectivity index (χ4v) is 5.94. The quantitative estimate of drug-likeness (QED) is 0.117. The lowest BCUT2D eigenvalue weighted by atomic mass is 9.99. The molecule has 1 saturated heterocycles. The van der Waals surface area contributed by atoms with Crippen LogP contribution >= 0.6 is 45.7 Å². The minimum absolute atomic E-state index is 0.225. The van der Waals surface area contributed by atoms with Crippen molar-refractivity contribution in [1.29, 1.82) is 0 Å². The Morgan fingerprint density at radius 1 is 1.18 bits per heavy atom. The molecule has 0 amide bonds. The standard InChI is InChI=1S/C27H26ClIN4O5S/c1-2-36-27(34)20(38-26-22-21(39-33-26)14-30-24(28)23(22)29)11-18-5-3-4-6-19(18)37-15-16-12-31-25(32-13-16)17-7-9-35-10-8-17/h3-6,12-14,17,20H,2,7-11,15H2,1H3/t20-/m1/s1. The van der Waals surface area contributed by atoms with E-state index in [1.165, 1.54) is 11.5 Å². The zero-order valence-corrected chi connectivity index (χ0v) is 24.9. The molecular weight excluding hydrogens is 655 g/mol. The summed E-state index contributed by atoms with van der Waals surface area (Å²) in [6.45, 7) is 3.76. The molecule has 5 rings (SSSR count). The van der Waals surface area contributed by atoms with E-state index in [-0.39, 0.29) is 19.6 Å². The molecule has 1 aliphatic rings. The number of esters is 1. The highest BCUT2D eigenvalue weighted by Crippen LogP contribution is 2.36. The summed E-state index contributed by atoms with van der Waals surface area (Å²) in [6.07, 6.45) is 6.42. The first kappa shape index (κ1) is 27.9. The van der Waals surface area contributed by atoms with E-state index in [2.05, 4.69) is 41.9 Å². The Hall–Kier alpha value is -2.61. The number of rotatable bonds is 10. The molecule has 0 radical (unpaired) electrons. The molecule has 9 nitrogen and oxygen atoms in total. The number of hydrogen-bond donors (Lipinski definition) is 0. The van der Waals surface area contributed by atoms with Gasteiger partial charge in [-0.3, -0.25) is 0 Å². The second-order valence-electron chi connectivity index (χ2n) is 8.89. The summed E-state index contributed by atoms with van der Waals surface area (Å²) in [6, 6.07) is 7.54. The maximum Gasteiger partial charge on any atom is 0.347 e. The minimum atomic E-state index is -0.940. The maximum absolute atomic E-state index is 12.9. The molecule has 1 fully saturated rings. The van der Waals surface area contributed by atoms with Gasteiger partial charge < -0.3 is 18.9 Å². The molecule has 39 heavy (non-hydrogen) atoms. The number of nitrogens with zero attached hydrogens (tertiary/aromatic N) is 4. The van der Waals surface area contributed by atoms with Crippen LogP contribution in [0.1, 0.15) is 42.6 Å². The van der Waals surface area contributed by atoms with Gasteiger partial charge in [-0.05, 0) is 65.5 Å². The second kappa shape index (κ2) is 13.2. The fraction of sp³-hybridized carbons (Fsp3) is 0.370. The third-order valence-corrected chi connectivity index (χ3v) is 8.69. The van der Waals surface area contributed by atoms with Gasteiger partial charge in [0.05, 0.1) is 20.3 Å². The van der Waals surface area contributed by atoms with Crippen LogP contribution in [-0.4, -0.2) is 51.2 Å². The number of hydrogen-bond acceptors (Lipinski definition) is 10. The molecular formula is C27H26ClIN4O5S. The van der Waals surface area contributed by atoms with Crippen molar-refractivity contribution in [3.8, 4) is 11.6 Å². The number of carbonyl (C=O) groups excluding carboxylic acids is 1. The lowest BCUT2D eigenvalue weighted by Crippen LogP contribution is -2.32. The van der Waals surface area contributed by atoms with E-state index in [0.717, 1.165) is 53.1 Å².